The van der Waals surface area contributed by atoms with Gasteiger partial charge in [-0.05, 0) is 50.5 Å². The van der Waals surface area contributed by atoms with Gasteiger partial charge in [0.15, 0.2) is 0 Å². The molecule has 1 aromatic carbocycles. The van der Waals surface area contributed by atoms with Gasteiger partial charge >= 0.3 is 0 Å². The van der Waals surface area contributed by atoms with Gasteiger partial charge in [-0.2, -0.15) is 10.2 Å². The molecule has 0 unspecified atom stereocenters. The molecular weight excluding hydrogens is 447 g/mol. The lowest BCUT2D eigenvalue weighted by Crippen LogP contribution is -2.21. The molecule has 2 heterocycles. The Hall–Kier alpha value is -2.45. The quantitative estimate of drug-likeness (QED) is 0.498. The normalized spacial score (nSPS) is 13.8. The van der Waals surface area contributed by atoms with Crippen molar-refractivity contribution in [2.45, 2.75) is 52.1 Å². The van der Waals surface area contributed by atoms with Gasteiger partial charge < -0.3 is 5.32 Å². The fraction of sp³-hybridized carbons (Fsp3) is 0.381. The summed E-state index contributed by atoms with van der Waals surface area (Å²) in [7, 11) is 0. The third kappa shape index (κ3) is 4.75. The first-order valence-corrected chi connectivity index (χ1v) is 10.6. The van der Waals surface area contributed by atoms with Crippen LogP contribution in [0.4, 0.5) is 14.5 Å². The van der Waals surface area contributed by atoms with E-state index in [0.29, 0.717) is 33.7 Å². The van der Waals surface area contributed by atoms with E-state index in [1.807, 2.05) is 13.0 Å². The van der Waals surface area contributed by atoms with Gasteiger partial charge in [-0.3, -0.25) is 14.2 Å². The lowest BCUT2D eigenvalue weighted by molar-refractivity contribution is -0.117. The zero-order chi connectivity index (χ0) is 22.3. The summed E-state index contributed by atoms with van der Waals surface area (Å²) in [5.41, 5.74) is 3.34. The van der Waals surface area contributed by atoms with Crippen LogP contribution in [0.3, 0.4) is 0 Å². The van der Waals surface area contributed by atoms with Gasteiger partial charge in [-0.25, -0.2) is 8.78 Å². The molecule has 0 radical (unpaired) electrons. The molecular formula is C21H21Cl2F2N5O. The van der Waals surface area contributed by atoms with Gasteiger partial charge in [0.1, 0.15) is 12.2 Å². The van der Waals surface area contributed by atoms with Gasteiger partial charge in [-0.15, -0.1) is 0 Å². The van der Waals surface area contributed by atoms with Crippen LogP contribution < -0.4 is 5.32 Å². The van der Waals surface area contributed by atoms with E-state index in [9.17, 15) is 13.6 Å². The summed E-state index contributed by atoms with van der Waals surface area (Å²) in [5.74, 6) is -0.142. The van der Waals surface area contributed by atoms with E-state index < -0.39 is 6.43 Å². The number of carbonyl (C=O) groups excluding carboxylic acids is 1. The number of aromatic nitrogens is 4. The van der Waals surface area contributed by atoms with Crippen molar-refractivity contribution in [3.63, 3.8) is 0 Å². The molecule has 1 amide bonds. The van der Waals surface area contributed by atoms with Crippen LogP contribution in [0.15, 0.2) is 24.3 Å². The Morgan fingerprint density at radius 2 is 1.90 bits per heavy atom. The highest BCUT2D eigenvalue weighted by molar-refractivity contribution is 6.42. The molecule has 164 valence electrons. The molecule has 1 N–H and O–H groups in total. The maximum Gasteiger partial charge on any atom is 0.282 e. The second-order valence-electron chi connectivity index (χ2n) is 7.73. The molecule has 3 aromatic rings. The maximum atomic E-state index is 13.1. The second kappa shape index (κ2) is 8.59. The molecule has 6 nitrogen and oxygen atoms in total. The van der Waals surface area contributed by atoms with Crippen LogP contribution in [0, 0.1) is 13.8 Å². The van der Waals surface area contributed by atoms with Crippen molar-refractivity contribution in [3.8, 4) is 0 Å². The fourth-order valence-electron chi connectivity index (χ4n) is 3.55. The first-order chi connectivity index (χ1) is 14.7. The van der Waals surface area contributed by atoms with Crippen LogP contribution >= 0.6 is 23.2 Å². The van der Waals surface area contributed by atoms with E-state index in [2.05, 4.69) is 15.5 Å². The highest BCUT2D eigenvalue weighted by Gasteiger charge is 2.30. The molecule has 2 aromatic heterocycles. The van der Waals surface area contributed by atoms with E-state index in [4.69, 9.17) is 23.2 Å². The summed E-state index contributed by atoms with van der Waals surface area (Å²) in [6.45, 7) is 3.98. The Kier molecular flexibility index (Phi) is 6.03. The van der Waals surface area contributed by atoms with Crippen molar-refractivity contribution < 1.29 is 13.6 Å². The van der Waals surface area contributed by atoms with Crippen molar-refractivity contribution in [1.29, 1.82) is 0 Å². The Morgan fingerprint density at radius 1 is 1.16 bits per heavy atom. The molecule has 0 aliphatic heterocycles. The number of alkyl halides is 2. The molecule has 31 heavy (non-hydrogen) atoms. The average Bonchev–Trinajstić information content (AvgIpc) is 3.42. The molecule has 1 saturated carbocycles. The summed E-state index contributed by atoms with van der Waals surface area (Å²) in [5, 5.41) is 12.2. The second-order valence-corrected chi connectivity index (χ2v) is 8.54. The van der Waals surface area contributed by atoms with Crippen molar-refractivity contribution in [3.05, 3.63) is 62.6 Å². The van der Waals surface area contributed by atoms with Crippen molar-refractivity contribution >= 4 is 34.8 Å². The van der Waals surface area contributed by atoms with Gasteiger partial charge in [0.2, 0.25) is 5.91 Å². The summed E-state index contributed by atoms with van der Waals surface area (Å²) >= 11 is 12.1. The smallest absolute Gasteiger partial charge is 0.282 e. The van der Waals surface area contributed by atoms with E-state index in [1.54, 1.807) is 23.7 Å². The molecule has 0 bridgehead atoms. The van der Waals surface area contributed by atoms with E-state index >= 15 is 0 Å². The summed E-state index contributed by atoms with van der Waals surface area (Å²) in [6, 6.07) is 6.77. The largest absolute Gasteiger partial charge is 0.321 e. The van der Waals surface area contributed by atoms with Crippen LogP contribution in [0.2, 0.25) is 10.0 Å². The van der Waals surface area contributed by atoms with Crippen LogP contribution in [0.1, 0.15) is 53.5 Å². The number of hydrogen-bond donors (Lipinski definition) is 1. The maximum absolute atomic E-state index is 13.1. The minimum absolute atomic E-state index is 0.130. The summed E-state index contributed by atoms with van der Waals surface area (Å²) in [6.07, 6.45) is -0.809. The summed E-state index contributed by atoms with van der Waals surface area (Å²) < 4.78 is 29.3. The van der Waals surface area contributed by atoms with Gasteiger partial charge in [0, 0.05) is 11.6 Å². The van der Waals surface area contributed by atoms with Gasteiger partial charge in [-0.1, -0.05) is 29.3 Å². The lowest BCUT2D eigenvalue weighted by Gasteiger charge is -2.09. The Bertz CT molecular complexity index is 1140. The first kappa shape index (κ1) is 21.8. The van der Waals surface area contributed by atoms with Crippen LogP contribution in [-0.2, 0) is 17.9 Å². The van der Waals surface area contributed by atoms with Crippen molar-refractivity contribution in [2.75, 3.05) is 5.32 Å². The number of aryl methyl sites for hydroxylation is 1. The SMILES string of the molecule is Cc1nn(Cc2ccc(Cl)c(Cl)c2)c(C)c1NC(=O)Cn1nc(C(F)F)cc1C1CC1. The van der Waals surface area contributed by atoms with E-state index in [1.165, 1.54) is 10.7 Å². The average molecular weight is 468 g/mol. The number of amides is 1. The van der Waals surface area contributed by atoms with Crippen molar-refractivity contribution in [2.24, 2.45) is 0 Å². The zero-order valence-corrected chi connectivity index (χ0v) is 18.5. The highest BCUT2D eigenvalue weighted by Crippen LogP contribution is 2.41. The van der Waals surface area contributed by atoms with E-state index in [0.717, 1.165) is 24.1 Å². The lowest BCUT2D eigenvalue weighted by atomic mass is 10.2. The summed E-state index contributed by atoms with van der Waals surface area (Å²) in [4.78, 5) is 12.7. The number of hydrogen-bond acceptors (Lipinski definition) is 3. The molecule has 0 spiro atoms. The predicted molar refractivity (Wildman–Crippen MR) is 115 cm³/mol. The number of benzene rings is 1. The Labute approximate surface area is 188 Å². The standard InChI is InChI=1S/C21H21Cl2F2N5O/c1-11-20(12(2)29(27-11)9-13-3-6-15(22)16(23)7-13)26-19(31)10-30-18(14-4-5-14)8-17(28-30)21(24)25/h3,6-8,14,21H,4-5,9-10H2,1-2H3,(H,26,31). The third-order valence-corrected chi connectivity index (χ3v) is 6.04. The minimum atomic E-state index is -2.66. The number of nitrogens with zero attached hydrogens (tertiary/aromatic N) is 4. The topological polar surface area (TPSA) is 64.7 Å². The van der Waals surface area contributed by atoms with Crippen LogP contribution in [0.25, 0.3) is 0 Å². The molecule has 1 aliphatic carbocycles. The molecule has 4 rings (SSSR count). The monoisotopic (exact) mass is 467 g/mol. The van der Waals surface area contributed by atoms with E-state index in [-0.39, 0.29) is 24.1 Å². The van der Waals surface area contributed by atoms with Crippen LogP contribution in [0.5, 0.6) is 0 Å². The van der Waals surface area contributed by atoms with Gasteiger partial charge in [0.25, 0.3) is 6.43 Å². The zero-order valence-electron chi connectivity index (χ0n) is 17.0. The Morgan fingerprint density at radius 3 is 2.55 bits per heavy atom. The predicted octanol–water partition coefficient (Wildman–Crippen LogP) is 5.51. The minimum Gasteiger partial charge on any atom is -0.321 e. The Balaban J connectivity index is 1.49. The fourth-order valence-corrected chi connectivity index (χ4v) is 3.87. The number of nitrogens with one attached hydrogen (secondary N) is 1. The first-order valence-electron chi connectivity index (χ1n) is 9.86. The molecule has 0 saturated heterocycles. The molecule has 10 heteroatoms. The molecule has 1 aliphatic rings. The van der Waals surface area contributed by atoms with Crippen LogP contribution in [-0.4, -0.2) is 25.5 Å². The number of carbonyl (C=O) groups is 1. The molecule has 0 atom stereocenters. The molecule has 1 fully saturated rings. The number of rotatable bonds is 7. The third-order valence-electron chi connectivity index (χ3n) is 5.30. The number of anilines is 1. The van der Waals surface area contributed by atoms with Crippen molar-refractivity contribution in [1.82, 2.24) is 19.6 Å². The number of halogens is 4. The van der Waals surface area contributed by atoms with Gasteiger partial charge in [0.05, 0.1) is 33.7 Å². The highest BCUT2D eigenvalue weighted by atomic mass is 35.5.